The van der Waals surface area contributed by atoms with Crippen molar-refractivity contribution >= 4 is 0 Å². The van der Waals surface area contributed by atoms with Crippen LogP contribution in [0.2, 0.25) is 0 Å². The van der Waals surface area contributed by atoms with Gasteiger partial charge in [0.25, 0.3) is 0 Å². The zero-order valence-corrected chi connectivity index (χ0v) is 6.85. The van der Waals surface area contributed by atoms with Crippen LogP contribution >= 0.6 is 0 Å². The lowest BCUT2D eigenvalue weighted by atomic mass is 9.82. The van der Waals surface area contributed by atoms with Gasteiger partial charge in [-0.15, -0.1) is 0 Å². The van der Waals surface area contributed by atoms with Crippen molar-refractivity contribution in [3.8, 4) is 0 Å². The lowest BCUT2D eigenvalue weighted by molar-refractivity contribution is 0.326. The van der Waals surface area contributed by atoms with Gasteiger partial charge in [-0.1, -0.05) is 13.8 Å². The van der Waals surface area contributed by atoms with E-state index in [2.05, 4.69) is 13.8 Å². The van der Waals surface area contributed by atoms with Gasteiger partial charge in [-0.25, -0.2) is 0 Å². The average Bonchev–Trinajstić information content (AvgIpc) is 2.20. The van der Waals surface area contributed by atoms with Crippen molar-refractivity contribution in [3.05, 3.63) is 5.92 Å². The molecule has 2 atom stereocenters. The first kappa shape index (κ1) is 6.66. The summed E-state index contributed by atoms with van der Waals surface area (Å²) < 4.78 is 0. The molecule has 0 heterocycles. The zero-order valence-electron chi connectivity index (χ0n) is 6.85. The second-order valence-corrected chi connectivity index (χ2v) is 4.32. The first-order valence-electron chi connectivity index (χ1n) is 4.24. The van der Waals surface area contributed by atoms with E-state index in [0.717, 1.165) is 5.92 Å². The number of fused-ring (bicyclic) bond motifs is 2. The molecule has 2 N–H and O–H groups in total. The SMILES string of the molecule is CC1(C)[C]2CCC1CC2N. The molecular weight excluding hydrogens is 122 g/mol. The summed E-state index contributed by atoms with van der Waals surface area (Å²) in [6.07, 6.45) is 3.96. The fourth-order valence-electron chi connectivity index (χ4n) is 2.80. The summed E-state index contributed by atoms with van der Waals surface area (Å²) in [7, 11) is 0. The van der Waals surface area contributed by atoms with Crippen LogP contribution in [-0.2, 0) is 0 Å². The van der Waals surface area contributed by atoms with E-state index in [0.29, 0.717) is 11.5 Å². The lowest BCUT2D eigenvalue weighted by Gasteiger charge is -2.24. The van der Waals surface area contributed by atoms with Crippen molar-refractivity contribution in [2.75, 3.05) is 0 Å². The van der Waals surface area contributed by atoms with Gasteiger partial charge in [0.1, 0.15) is 0 Å². The minimum Gasteiger partial charge on any atom is -0.327 e. The molecule has 2 aliphatic carbocycles. The van der Waals surface area contributed by atoms with Gasteiger partial charge in [-0.2, -0.15) is 0 Å². The Labute approximate surface area is 63.0 Å². The van der Waals surface area contributed by atoms with E-state index in [9.17, 15) is 0 Å². The van der Waals surface area contributed by atoms with Crippen molar-refractivity contribution in [1.29, 1.82) is 0 Å². The smallest absolute Gasteiger partial charge is 0.0110 e. The van der Waals surface area contributed by atoms with E-state index in [1.807, 2.05) is 0 Å². The van der Waals surface area contributed by atoms with Gasteiger partial charge in [0.2, 0.25) is 0 Å². The molecule has 57 valence electrons. The summed E-state index contributed by atoms with van der Waals surface area (Å²) in [5.41, 5.74) is 6.44. The molecule has 2 rings (SSSR count). The standard InChI is InChI=1S/C9H16N/c1-9(2)6-3-4-7(9)8(10)5-6/h6,8H,3-5,10H2,1-2H3. The Morgan fingerprint density at radius 1 is 1.50 bits per heavy atom. The van der Waals surface area contributed by atoms with E-state index in [1.165, 1.54) is 19.3 Å². The summed E-state index contributed by atoms with van der Waals surface area (Å²) in [6, 6.07) is 0.439. The number of hydrogen-bond donors (Lipinski definition) is 1. The molecule has 2 bridgehead atoms. The van der Waals surface area contributed by atoms with Crippen LogP contribution in [0, 0.1) is 17.3 Å². The second kappa shape index (κ2) is 1.76. The lowest BCUT2D eigenvalue weighted by Crippen LogP contribution is -2.27. The topological polar surface area (TPSA) is 26.0 Å². The first-order chi connectivity index (χ1) is 4.62. The van der Waals surface area contributed by atoms with Gasteiger partial charge in [-0.3, -0.25) is 0 Å². The molecule has 1 heteroatoms. The highest BCUT2D eigenvalue weighted by Gasteiger charge is 2.52. The summed E-state index contributed by atoms with van der Waals surface area (Å²) in [5, 5.41) is 0. The highest BCUT2D eigenvalue weighted by atomic mass is 14.7. The van der Waals surface area contributed by atoms with Crippen molar-refractivity contribution in [1.82, 2.24) is 0 Å². The van der Waals surface area contributed by atoms with Crippen LogP contribution in [0.4, 0.5) is 0 Å². The minimum absolute atomic E-state index is 0.439. The Morgan fingerprint density at radius 3 is 2.40 bits per heavy atom. The fourth-order valence-corrected chi connectivity index (χ4v) is 2.80. The predicted octanol–water partition coefficient (Wildman–Crippen LogP) is 1.73. The van der Waals surface area contributed by atoms with Crippen LogP contribution in [0.5, 0.6) is 0 Å². The fraction of sp³-hybridized carbons (Fsp3) is 0.889. The van der Waals surface area contributed by atoms with Crippen LogP contribution in [0.3, 0.4) is 0 Å². The monoisotopic (exact) mass is 138 g/mol. The van der Waals surface area contributed by atoms with Crippen molar-refractivity contribution in [2.24, 2.45) is 17.1 Å². The van der Waals surface area contributed by atoms with E-state index < -0.39 is 0 Å². The molecule has 0 amide bonds. The first-order valence-corrected chi connectivity index (χ1v) is 4.24. The van der Waals surface area contributed by atoms with Crippen LogP contribution in [0.25, 0.3) is 0 Å². The van der Waals surface area contributed by atoms with Gasteiger partial charge in [0, 0.05) is 6.04 Å². The molecule has 1 nitrogen and oxygen atoms in total. The molecule has 2 aliphatic rings. The Morgan fingerprint density at radius 2 is 2.20 bits per heavy atom. The Balaban J connectivity index is 2.27. The largest absolute Gasteiger partial charge is 0.327 e. The predicted molar refractivity (Wildman–Crippen MR) is 42.3 cm³/mol. The highest BCUT2D eigenvalue weighted by molar-refractivity contribution is 5.23. The Kier molecular flexibility index (Phi) is 1.17. The summed E-state index contributed by atoms with van der Waals surface area (Å²) in [4.78, 5) is 0. The molecule has 0 aliphatic heterocycles. The zero-order chi connectivity index (χ0) is 7.35. The van der Waals surface area contributed by atoms with Gasteiger partial charge in [0.15, 0.2) is 0 Å². The van der Waals surface area contributed by atoms with Crippen LogP contribution in [0.1, 0.15) is 33.1 Å². The van der Waals surface area contributed by atoms with Crippen molar-refractivity contribution in [2.45, 2.75) is 39.2 Å². The molecule has 10 heavy (non-hydrogen) atoms. The molecule has 0 spiro atoms. The quantitative estimate of drug-likeness (QED) is 0.542. The van der Waals surface area contributed by atoms with E-state index >= 15 is 0 Å². The molecule has 0 aromatic rings. The third-order valence-corrected chi connectivity index (χ3v) is 3.60. The maximum absolute atomic E-state index is 5.96. The normalized spacial score (nSPS) is 44.7. The maximum atomic E-state index is 5.96. The van der Waals surface area contributed by atoms with E-state index in [-0.39, 0.29) is 0 Å². The molecule has 0 aromatic carbocycles. The average molecular weight is 138 g/mol. The Bertz CT molecular complexity index is 151. The molecule has 1 radical (unpaired) electrons. The van der Waals surface area contributed by atoms with Crippen molar-refractivity contribution in [3.63, 3.8) is 0 Å². The number of hydrogen-bond acceptors (Lipinski definition) is 1. The Hall–Kier alpha value is -0.0400. The highest BCUT2D eigenvalue weighted by Crippen LogP contribution is 2.58. The van der Waals surface area contributed by atoms with Gasteiger partial charge >= 0.3 is 0 Å². The van der Waals surface area contributed by atoms with E-state index in [1.54, 1.807) is 5.92 Å². The molecule has 2 fully saturated rings. The minimum atomic E-state index is 0.439. The van der Waals surface area contributed by atoms with E-state index in [4.69, 9.17) is 5.73 Å². The van der Waals surface area contributed by atoms with Crippen molar-refractivity contribution < 1.29 is 0 Å². The van der Waals surface area contributed by atoms with Gasteiger partial charge in [-0.05, 0) is 36.5 Å². The third kappa shape index (κ3) is 0.619. The molecule has 2 saturated carbocycles. The molecule has 2 unspecified atom stereocenters. The van der Waals surface area contributed by atoms with Crippen LogP contribution in [-0.4, -0.2) is 6.04 Å². The number of rotatable bonds is 0. The summed E-state index contributed by atoms with van der Waals surface area (Å²) >= 11 is 0. The van der Waals surface area contributed by atoms with Crippen LogP contribution < -0.4 is 5.73 Å². The molecular formula is C9H16N. The second-order valence-electron chi connectivity index (χ2n) is 4.32. The number of nitrogens with two attached hydrogens (primary N) is 1. The maximum Gasteiger partial charge on any atom is 0.0110 e. The van der Waals surface area contributed by atoms with Gasteiger partial charge < -0.3 is 5.73 Å². The van der Waals surface area contributed by atoms with Gasteiger partial charge in [0.05, 0.1) is 0 Å². The summed E-state index contributed by atoms with van der Waals surface area (Å²) in [5.74, 6) is 2.54. The molecule has 0 saturated heterocycles. The summed E-state index contributed by atoms with van der Waals surface area (Å²) in [6.45, 7) is 4.71. The van der Waals surface area contributed by atoms with Crippen LogP contribution in [0.15, 0.2) is 0 Å². The molecule has 0 aromatic heterocycles. The third-order valence-electron chi connectivity index (χ3n) is 3.60.